The number of nitro groups is 1. The van der Waals surface area contributed by atoms with Crippen LogP contribution in [-0.4, -0.2) is 81.7 Å². The van der Waals surface area contributed by atoms with Gasteiger partial charge in [-0.3, -0.25) is 29.1 Å². The average Bonchev–Trinajstić information content (AvgIpc) is 3.78. The van der Waals surface area contributed by atoms with Crippen molar-refractivity contribution in [2.24, 2.45) is 5.73 Å². The minimum Gasteiger partial charge on any atom is -0.365 e. The van der Waals surface area contributed by atoms with Crippen molar-refractivity contribution in [3.63, 3.8) is 0 Å². The Morgan fingerprint density at radius 2 is 1.75 bits per heavy atom. The largest absolute Gasteiger partial charge is 0.399 e. The summed E-state index contributed by atoms with van der Waals surface area (Å²) in [6.45, 7) is 8.08. The van der Waals surface area contributed by atoms with Crippen molar-refractivity contribution in [3.05, 3.63) is 93.4 Å². The van der Waals surface area contributed by atoms with Crippen LogP contribution in [0.15, 0.2) is 72.8 Å². The lowest BCUT2D eigenvalue weighted by Gasteiger charge is -2.25. The molecule has 0 radical (unpaired) electrons. The first-order chi connectivity index (χ1) is 26.0. The number of rotatable bonds is 13. The van der Waals surface area contributed by atoms with E-state index in [1.54, 1.807) is 17.9 Å². The molecule has 18 heteroatoms. The standard InChI is InChI=1S/C13H10N2O3.C12H22N2O2.C10H8F2NO4PS.C2H6/c16-9-14-12-7-6-11(8-13(12)15(17)18)10-4-2-1-3-5-10;1-11(16)14(8-4-10-15)9-6-12-5-3-7-13(12)2;11-10(12,18(15,16)17)6-1-2-7-5(3-6)4-8(19-7)9(13)14;1-2/h1-9H,(H,14,16);10,12H,3-9H2,1-2H3;1-4H,(H2,13,14)(H2,15,16,17);1-2H3. The van der Waals surface area contributed by atoms with Crippen molar-refractivity contribution in [1.29, 1.82) is 0 Å². The molecule has 1 saturated heterocycles. The van der Waals surface area contributed by atoms with Gasteiger partial charge in [0.1, 0.15) is 12.0 Å². The number of likely N-dealkylation sites (tertiary alicyclic amines) is 1. The van der Waals surface area contributed by atoms with E-state index < -0.39 is 29.7 Å². The molecule has 5 N–H and O–H groups in total. The lowest BCUT2D eigenvalue weighted by atomic mass is 10.0. The van der Waals surface area contributed by atoms with Crippen molar-refractivity contribution in [1.82, 2.24) is 9.80 Å². The molecule has 14 nitrogen and oxygen atoms in total. The predicted octanol–water partition coefficient (Wildman–Crippen LogP) is 6.99. The number of nitrogens with one attached hydrogen (secondary N) is 1. The maximum Gasteiger partial charge on any atom is 0.399 e. The maximum absolute atomic E-state index is 13.5. The molecular formula is C37H46F2N5O9PS. The molecule has 0 aliphatic carbocycles. The molecule has 3 amide bonds. The summed E-state index contributed by atoms with van der Waals surface area (Å²) < 4.78 is 38.3. The molecule has 1 aliphatic rings. The van der Waals surface area contributed by atoms with Crippen molar-refractivity contribution < 1.29 is 47.2 Å². The summed E-state index contributed by atoms with van der Waals surface area (Å²) >= 11 is 1.02. The van der Waals surface area contributed by atoms with Crippen LogP contribution in [0.5, 0.6) is 0 Å². The van der Waals surface area contributed by atoms with E-state index in [2.05, 4.69) is 17.3 Å². The minimum atomic E-state index is -5.60. The van der Waals surface area contributed by atoms with Crippen LogP contribution in [0.3, 0.4) is 0 Å². The molecule has 0 bridgehead atoms. The van der Waals surface area contributed by atoms with Crippen molar-refractivity contribution in [2.75, 3.05) is 32.0 Å². The summed E-state index contributed by atoms with van der Waals surface area (Å²) in [4.78, 5) is 75.0. The fourth-order valence-electron chi connectivity index (χ4n) is 5.48. The second-order valence-electron chi connectivity index (χ2n) is 12.0. The zero-order valence-electron chi connectivity index (χ0n) is 30.9. The lowest BCUT2D eigenvalue weighted by Crippen LogP contribution is -2.35. The van der Waals surface area contributed by atoms with E-state index in [0.717, 1.165) is 53.8 Å². The smallest absolute Gasteiger partial charge is 0.365 e. The third-order valence-electron chi connectivity index (χ3n) is 8.35. The van der Waals surface area contributed by atoms with Gasteiger partial charge in [-0.1, -0.05) is 56.3 Å². The normalized spacial score (nSPS) is 13.9. The number of nitrogens with zero attached hydrogens (tertiary/aromatic N) is 3. The minimum absolute atomic E-state index is 0.0718. The summed E-state index contributed by atoms with van der Waals surface area (Å²) in [6.07, 6.45) is 5.25. The summed E-state index contributed by atoms with van der Waals surface area (Å²) in [5, 5.41) is 13.5. The number of nitrogens with two attached hydrogens (primary N) is 1. The number of carbonyl (C=O) groups is 4. The van der Waals surface area contributed by atoms with Crippen LogP contribution in [0.1, 0.15) is 61.7 Å². The molecule has 1 aromatic heterocycles. The summed E-state index contributed by atoms with van der Waals surface area (Å²) in [6, 6.07) is 19.1. The molecule has 1 fully saturated rings. The number of amides is 3. The zero-order valence-corrected chi connectivity index (χ0v) is 32.6. The van der Waals surface area contributed by atoms with Crippen LogP contribution in [0.2, 0.25) is 0 Å². The second kappa shape index (κ2) is 21.8. The molecule has 0 saturated carbocycles. The molecule has 0 spiro atoms. The summed E-state index contributed by atoms with van der Waals surface area (Å²) in [5.41, 5.74) is 1.69. The van der Waals surface area contributed by atoms with E-state index in [1.165, 1.54) is 43.7 Å². The third-order valence-corrected chi connectivity index (χ3v) is 10.5. The molecule has 55 heavy (non-hydrogen) atoms. The van der Waals surface area contributed by atoms with E-state index in [-0.39, 0.29) is 27.5 Å². The quantitative estimate of drug-likeness (QED) is 0.0470. The Balaban J connectivity index is 0.000000280. The van der Waals surface area contributed by atoms with Crippen molar-refractivity contribution in [3.8, 4) is 11.1 Å². The highest BCUT2D eigenvalue weighted by Crippen LogP contribution is 2.59. The van der Waals surface area contributed by atoms with E-state index in [0.29, 0.717) is 30.1 Å². The number of nitro benzene ring substituents is 1. The van der Waals surface area contributed by atoms with Crippen LogP contribution >= 0.6 is 18.9 Å². The van der Waals surface area contributed by atoms with Crippen LogP contribution < -0.4 is 11.1 Å². The third kappa shape index (κ3) is 13.4. The number of fused-ring (bicyclic) bond motifs is 1. The molecule has 298 valence electrons. The fraction of sp³-hybridized carbons (Fsp3) is 0.351. The molecule has 1 aliphatic heterocycles. The van der Waals surface area contributed by atoms with Crippen LogP contribution in [0, 0.1) is 10.1 Å². The van der Waals surface area contributed by atoms with Gasteiger partial charge in [0.25, 0.3) is 11.6 Å². The number of aldehydes is 1. The van der Waals surface area contributed by atoms with Gasteiger partial charge in [0.05, 0.1) is 9.80 Å². The Labute approximate surface area is 321 Å². The maximum atomic E-state index is 13.5. The van der Waals surface area contributed by atoms with Crippen LogP contribution in [0.4, 0.5) is 20.2 Å². The first-order valence-corrected chi connectivity index (χ1v) is 19.6. The number of primary amides is 1. The molecule has 5 rings (SSSR count). The van der Waals surface area contributed by atoms with Crippen molar-refractivity contribution in [2.45, 2.75) is 58.2 Å². The Bertz CT molecular complexity index is 1960. The molecule has 1 atom stereocenters. The number of halogens is 2. The number of hydrogen-bond acceptors (Lipinski definition) is 9. The van der Waals surface area contributed by atoms with E-state index >= 15 is 0 Å². The molecular weight excluding hydrogens is 759 g/mol. The van der Waals surface area contributed by atoms with E-state index in [4.69, 9.17) is 15.5 Å². The second-order valence-corrected chi connectivity index (χ2v) is 14.7. The number of hydrogen-bond donors (Lipinski definition) is 4. The highest BCUT2D eigenvalue weighted by molar-refractivity contribution is 7.52. The van der Waals surface area contributed by atoms with Gasteiger partial charge in [0.2, 0.25) is 12.3 Å². The average molecular weight is 806 g/mol. The Morgan fingerprint density at radius 3 is 2.27 bits per heavy atom. The van der Waals surface area contributed by atoms with Gasteiger partial charge in [-0.2, -0.15) is 8.78 Å². The van der Waals surface area contributed by atoms with Gasteiger partial charge >= 0.3 is 13.3 Å². The zero-order chi connectivity index (χ0) is 41.3. The van der Waals surface area contributed by atoms with Gasteiger partial charge in [-0.05, 0) is 73.6 Å². The molecule has 2 heterocycles. The molecule has 1 unspecified atom stereocenters. The fourth-order valence-corrected chi connectivity index (χ4v) is 6.85. The summed E-state index contributed by atoms with van der Waals surface area (Å²) in [5.74, 6) is -0.619. The number of thiophene rings is 1. The highest BCUT2D eigenvalue weighted by atomic mass is 32.1. The van der Waals surface area contributed by atoms with Gasteiger partial charge in [0.15, 0.2) is 0 Å². The Hall–Kier alpha value is -4.93. The number of benzene rings is 3. The van der Waals surface area contributed by atoms with Crippen LogP contribution in [0.25, 0.3) is 21.2 Å². The first kappa shape index (κ1) is 46.2. The van der Waals surface area contributed by atoms with E-state index in [9.17, 15) is 42.6 Å². The van der Waals surface area contributed by atoms with Gasteiger partial charge < -0.3 is 35.4 Å². The molecule has 3 aromatic carbocycles. The number of anilines is 1. The van der Waals surface area contributed by atoms with Gasteiger partial charge in [-0.15, -0.1) is 11.3 Å². The van der Waals surface area contributed by atoms with Crippen LogP contribution in [-0.2, 0) is 24.6 Å². The predicted molar refractivity (Wildman–Crippen MR) is 209 cm³/mol. The first-order valence-electron chi connectivity index (χ1n) is 17.2. The van der Waals surface area contributed by atoms with Gasteiger partial charge in [-0.25, -0.2) is 0 Å². The summed E-state index contributed by atoms with van der Waals surface area (Å²) in [7, 11) is -3.46. The topological polar surface area (TPSA) is 213 Å². The lowest BCUT2D eigenvalue weighted by molar-refractivity contribution is -0.383. The number of alkyl halides is 2. The SMILES string of the molecule is CC.CC(=O)N(CCC=O)CCC1CCCN1C.NC(=O)c1cc2cc(C(F)(F)P(=O)(O)O)ccc2s1.O=CNc1ccc(-c2ccccc2)cc1[N+](=O)[O-]. The number of carbonyl (C=O) groups excluding carboxylic acids is 4. The van der Waals surface area contributed by atoms with Crippen molar-refractivity contribution >= 4 is 64.9 Å². The Morgan fingerprint density at radius 1 is 1.07 bits per heavy atom. The Kier molecular flexibility index (Phi) is 18.3. The monoisotopic (exact) mass is 805 g/mol. The highest BCUT2D eigenvalue weighted by Gasteiger charge is 2.50. The molecule has 4 aromatic rings. The van der Waals surface area contributed by atoms with Gasteiger partial charge in [0, 0.05) is 48.8 Å². The van der Waals surface area contributed by atoms with E-state index in [1.807, 2.05) is 44.2 Å².